The number of imidazole rings is 1. The highest BCUT2D eigenvalue weighted by Gasteiger charge is 2.23. The van der Waals surface area contributed by atoms with Gasteiger partial charge in [0.15, 0.2) is 5.65 Å². The second kappa shape index (κ2) is 12.2. The zero-order valence-corrected chi connectivity index (χ0v) is 26.3. The number of H-pyrrole nitrogens is 1. The smallest absolute Gasteiger partial charge is 0.333 e. The Balaban J connectivity index is 1.44. The molecule has 0 saturated heterocycles. The topological polar surface area (TPSA) is 119 Å². The zero-order valence-electron chi connectivity index (χ0n) is 25.5. The van der Waals surface area contributed by atoms with Crippen LogP contribution in [0.2, 0.25) is 0 Å². The Bertz CT molecular complexity index is 2070. The molecule has 0 amide bonds. The fourth-order valence-electron chi connectivity index (χ4n) is 5.43. The third-order valence-electron chi connectivity index (χ3n) is 8.08. The molecule has 0 unspecified atom stereocenters. The summed E-state index contributed by atoms with van der Waals surface area (Å²) in [4.78, 5) is 34.8. The van der Waals surface area contributed by atoms with Gasteiger partial charge in [-0.05, 0) is 80.1 Å². The normalized spacial score (nSPS) is 11.8. The summed E-state index contributed by atoms with van der Waals surface area (Å²) in [6.45, 7) is 9.58. The molecule has 9 nitrogen and oxygen atoms in total. The standard InChI is InChI=1S/C33H36FN5O4S/c1-6-7-16-38-31-29(32(40)39(33(38)41)19-25-10-8-9-11-27(25)34)35-28(36-31)18-24-12-14-26(15-13-24)37-44(42,43)30-22(4)20(2)17-21(3)23(30)5/h8-15,17,37H,6-7,16,18-19H2,1-5H3,(H,35,36). The van der Waals surface area contributed by atoms with Crippen molar-refractivity contribution in [3.05, 3.63) is 120 Å². The van der Waals surface area contributed by atoms with Crippen molar-refractivity contribution in [2.75, 3.05) is 4.72 Å². The van der Waals surface area contributed by atoms with Crippen LogP contribution in [0, 0.1) is 33.5 Å². The SMILES string of the molecule is CCCCn1c(=O)n(Cc2ccccc2F)c(=O)c2[nH]c(Cc3ccc(NS(=O)(=O)c4c(C)c(C)cc(C)c4C)cc3)nc21. The van der Waals surface area contributed by atoms with E-state index in [-0.39, 0.29) is 28.2 Å². The number of benzene rings is 3. The quantitative estimate of drug-likeness (QED) is 0.215. The molecular formula is C33H36FN5O4S. The lowest BCUT2D eigenvalue weighted by molar-refractivity contribution is 0.553. The summed E-state index contributed by atoms with van der Waals surface area (Å²) < 4.78 is 46.3. The number of sulfonamides is 1. The fraction of sp³-hybridized carbons (Fsp3) is 0.303. The Morgan fingerprint density at radius 2 is 1.59 bits per heavy atom. The van der Waals surface area contributed by atoms with E-state index in [0.717, 1.165) is 27.7 Å². The van der Waals surface area contributed by atoms with E-state index >= 15 is 0 Å². The van der Waals surface area contributed by atoms with Crippen molar-refractivity contribution in [1.29, 1.82) is 0 Å². The summed E-state index contributed by atoms with van der Waals surface area (Å²) in [5.41, 5.74) is 4.06. The lowest BCUT2D eigenvalue weighted by Gasteiger charge is -2.17. The highest BCUT2D eigenvalue weighted by Crippen LogP contribution is 2.28. The number of unbranched alkanes of at least 4 members (excludes halogenated alkanes) is 1. The summed E-state index contributed by atoms with van der Waals surface area (Å²) in [5, 5.41) is 0. The molecule has 2 heterocycles. The molecule has 0 saturated carbocycles. The van der Waals surface area contributed by atoms with Crippen LogP contribution in [0.3, 0.4) is 0 Å². The predicted octanol–water partition coefficient (Wildman–Crippen LogP) is 5.50. The van der Waals surface area contributed by atoms with Gasteiger partial charge >= 0.3 is 5.69 Å². The van der Waals surface area contributed by atoms with Gasteiger partial charge in [-0.15, -0.1) is 0 Å². The minimum atomic E-state index is -3.82. The van der Waals surface area contributed by atoms with E-state index in [9.17, 15) is 22.4 Å². The molecule has 2 aromatic heterocycles. The summed E-state index contributed by atoms with van der Waals surface area (Å²) in [6.07, 6.45) is 1.84. The van der Waals surface area contributed by atoms with Crippen LogP contribution in [0.15, 0.2) is 69.1 Å². The van der Waals surface area contributed by atoms with Crippen LogP contribution in [-0.4, -0.2) is 27.5 Å². The van der Waals surface area contributed by atoms with Crippen LogP contribution >= 0.6 is 0 Å². The number of nitrogens with zero attached hydrogens (tertiary/aromatic N) is 3. The van der Waals surface area contributed by atoms with Crippen LogP contribution in [0.5, 0.6) is 0 Å². The molecule has 5 aromatic rings. The largest absolute Gasteiger partial charge is 0.336 e. The summed E-state index contributed by atoms with van der Waals surface area (Å²) in [7, 11) is -3.82. The molecular weight excluding hydrogens is 581 g/mol. The molecule has 0 atom stereocenters. The van der Waals surface area contributed by atoms with Crippen molar-refractivity contribution in [3.63, 3.8) is 0 Å². The number of aromatic nitrogens is 4. The molecule has 0 radical (unpaired) electrons. The molecule has 0 spiro atoms. The predicted molar refractivity (Wildman–Crippen MR) is 170 cm³/mol. The van der Waals surface area contributed by atoms with Crippen LogP contribution in [0.1, 0.15) is 59.0 Å². The number of rotatable bonds is 10. The second-order valence-electron chi connectivity index (χ2n) is 11.2. The molecule has 0 aliphatic heterocycles. The van der Waals surface area contributed by atoms with E-state index in [1.807, 2.05) is 40.7 Å². The van der Waals surface area contributed by atoms with Crippen LogP contribution in [0.4, 0.5) is 10.1 Å². The van der Waals surface area contributed by atoms with E-state index in [2.05, 4.69) is 14.7 Å². The molecule has 11 heteroatoms. The maximum absolute atomic E-state index is 14.4. The van der Waals surface area contributed by atoms with Crippen molar-refractivity contribution in [3.8, 4) is 0 Å². The fourth-order valence-corrected chi connectivity index (χ4v) is 7.10. The molecule has 0 bridgehead atoms. The van der Waals surface area contributed by atoms with Crippen LogP contribution in [-0.2, 0) is 29.5 Å². The van der Waals surface area contributed by atoms with E-state index in [1.54, 1.807) is 42.5 Å². The van der Waals surface area contributed by atoms with Gasteiger partial charge in [0, 0.05) is 24.2 Å². The van der Waals surface area contributed by atoms with Crippen molar-refractivity contribution in [2.45, 2.75) is 71.9 Å². The highest BCUT2D eigenvalue weighted by molar-refractivity contribution is 7.92. The van der Waals surface area contributed by atoms with Crippen molar-refractivity contribution in [2.24, 2.45) is 0 Å². The molecule has 0 aliphatic carbocycles. The van der Waals surface area contributed by atoms with Crippen molar-refractivity contribution < 1.29 is 12.8 Å². The van der Waals surface area contributed by atoms with E-state index in [0.29, 0.717) is 42.0 Å². The average molecular weight is 618 g/mol. The third kappa shape index (κ3) is 5.96. The molecule has 3 aromatic carbocycles. The van der Waals surface area contributed by atoms with Crippen LogP contribution in [0.25, 0.3) is 11.2 Å². The van der Waals surface area contributed by atoms with Gasteiger partial charge in [0.1, 0.15) is 17.2 Å². The first-order valence-electron chi connectivity index (χ1n) is 14.6. The number of hydrogen-bond acceptors (Lipinski definition) is 5. The van der Waals surface area contributed by atoms with E-state index in [4.69, 9.17) is 0 Å². The van der Waals surface area contributed by atoms with Gasteiger partial charge in [0.05, 0.1) is 11.4 Å². The lowest BCUT2D eigenvalue weighted by Crippen LogP contribution is -2.40. The molecule has 230 valence electrons. The number of aryl methyl sites for hydroxylation is 3. The maximum atomic E-state index is 14.4. The average Bonchev–Trinajstić information content (AvgIpc) is 3.39. The first-order valence-corrected chi connectivity index (χ1v) is 16.0. The van der Waals surface area contributed by atoms with Gasteiger partial charge in [-0.1, -0.05) is 49.7 Å². The van der Waals surface area contributed by atoms with Gasteiger partial charge < -0.3 is 4.98 Å². The number of aromatic amines is 1. The number of nitrogens with one attached hydrogen (secondary N) is 2. The maximum Gasteiger partial charge on any atom is 0.333 e. The van der Waals surface area contributed by atoms with E-state index in [1.165, 1.54) is 10.6 Å². The Hall–Kier alpha value is -4.51. The molecule has 5 rings (SSSR count). The van der Waals surface area contributed by atoms with Crippen LogP contribution < -0.4 is 16.0 Å². The van der Waals surface area contributed by atoms with Gasteiger partial charge in [-0.3, -0.25) is 18.7 Å². The van der Waals surface area contributed by atoms with Crippen molar-refractivity contribution in [1.82, 2.24) is 19.1 Å². The number of fused-ring (bicyclic) bond motifs is 1. The minimum Gasteiger partial charge on any atom is -0.336 e. The number of halogens is 1. The highest BCUT2D eigenvalue weighted by atomic mass is 32.2. The van der Waals surface area contributed by atoms with Crippen molar-refractivity contribution >= 4 is 26.9 Å². The Kier molecular flexibility index (Phi) is 8.60. The molecule has 44 heavy (non-hydrogen) atoms. The summed E-state index contributed by atoms with van der Waals surface area (Å²) in [6, 6.07) is 15.0. The monoisotopic (exact) mass is 617 g/mol. The molecule has 2 N–H and O–H groups in total. The molecule has 0 fully saturated rings. The second-order valence-corrected chi connectivity index (χ2v) is 12.8. The Morgan fingerprint density at radius 1 is 0.932 bits per heavy atom. The number of anilines is 1. The summed E-state index contributed by atoms with van der Waals surface area (Å²) in [5.74, 6) is -0.0190. The first-order chi connectivity index (χ1) is 20.9. The minimum absolute atomic E-state index is 0.176. The van der Waals surface area contributed by atoms with Gasteiger partial charge in [-0.2, -0.15) is 0 Å². The van der Waals surface area contributed by atoms with Gasteiger partial charge in [0.25, 0.3) is 15.6 Å². The van der Waals surface area contributed by atoms with Gasteiger partial charge in [-0.25, -0.2) is 22.6 Å². The van der Waals surface area contributed by atoms with E-state index < -0.39 is 27.1 Å². The first kappa shape index (κ1) is 30.9. The third-order valence-corrected chi connectivity index (χ3v) is 9.73. The summed E-state index contributed by atoms with van der Waals surface area (Å²) >= 11 is 0. The molecule has 0 aliphatic rings. The Labute approximate surface area is 255 Å². The number of hydrogen-bond donors (Lipinski definition) is 2. The zero-order chi connectivity index (χ0) is 31.8. The Morgan fingerprint density at radius 3 is 2.23 bits per heavy atom. The lowest BCUT2D eigenvalue weighted by atomic mass is 10.0. The van der Waals surface area contributed by atoms with Gasteiger partial charge in [0.2, 0.25) is 0 Å².